The molecule has 0 saturated carbocycles. The van der Waals surface area contributed by atoms with Gasteiger partial charge in [0.05, 0.1) is 7.11 Å². The maximum Gasteiger partial charge on any atom is 0.246 e. The van der Waals surface area contributed by atoms with Crippen molar-refractivity contribution in [2.75, 3.05) is 33.3 Å². The van der Waals surface area contributed by atoms with Gasteiger partial charge in [0.2, 0.25) is 5.91 Å². The third-order valence-electron chi connectivity index (χ3n) is 4.41. The fourth-order valence-corrected chi connectivity index (χ4v) is 3.16. The molecule has 1 aromatic carbocycles. The molecule has 5 nitrogen and oxygen atoms in total. The number of ether oxygens (including phenoxy) is 1. The van der Waals surface area contributed by atoms with Crippen LogP contribution in [0, 0.1) is 0 Å². The minimum atomic E-state index is 0.00746. The van der Waals surface area contributed by atoms with Gasteiger partial charge in [0.1, 0.15) is 5.75 Å². The van der Waals surface area contributed by atoms with Crippen molar-refractivity contribution in [3.8, 4) is 5.75 Å². The third kappa shape index (κ3) is 4.84. The summed E-state index contributed by atoms with van der Waals surface area (Å²) >= 11 is 6.03. The van der Waals surface area contributed by atoms with Crippen LogP contribution in [0.3, 0.4) is 0 Å². The average Bonchev–Trinajstić information content (AvgIpc) is 2.67. The van der Waals surface area contributed by atoms with E-state index in [1.807, 2.05) is 17.2 Å². The first-order valence-corrected chi connectivity index (χ1v) is 8.95. The minimum Gasteiger partial charge on any atom is -0.496 e. The number of hydrogen-bond acceptors (Lipinski definition) is 4. The summed E-state index contributed by atoms with van der Waals surface area (Å²) in [6, 6.07) is 9.37. The number of piperazine rings is 1. The number of methoxy groups -OCH3 is 1. The topological polar surface area (TPSA) is 45.7 Å². The summed E-state index contributed by atoms with van der Waals surface area (Å²) in [6.45, 7) is 4.02. The zero-order valence-electron chi connectivity index (χ0n) is 14.8. The molecule has 0 N–H and O–H groups in total. The molecule has 6 heteroatoms. The van der Waals surface area contributed by atoms with E-state index in [4.69, 9.17) is 16.3 Å². The number of carbonyl (C=O) groups excluding carboxylic acids is 1. The first kappa shape index (κ1) is 18.4. The van der Waals surface area contributed by atoms with Crippen molar-refractivity contribution in [3.05, 3.63) is 65.0 Å². The average molecular weight is 372 g/mol. The summed E-state index contributed by atoms with van der Waals surface area (Å²) in [7, 11) is 1.60. The molecule has 0 atom stereocenters. The Morgan fingerprint density at radius 2 is 2.08 bits per heavy atom. The molecule has 3 rings (SSSR count). The van der Waals surface area contributed by atoms with Crippen molar-refractivity contribution in [2.45, 2.75) is 6.54 Å². The van der Waals surface area contributed by atoms with Gasteiger partial charge in [0.15, 0.2) is 0 Å². The van der Waals surface area contributed by atoms with E-state index in [-0.39, 0.29) is 5.91 Å². The van der Waals surface area contributed by atoms with Crippen LogP contribution < -0.4 is 4.74 Å². The zero-order chi connectivity index (χ0) is 18.4. The lowest BCUT2D eigenvalue weighted by Gasteiger charge is -2.34. The molecule has 1 saturated heterocycles. The number of halogens is 1. The van der Waals surface area contributed by atoms with E-state index >= 15 is 0 Å². The number of benzene rings is 1. The molecule has 1 amide bonds. The van der Waals surface area contributed by atoms with Gasteiger partial charge in [-0.25, -0.2) is 0 Å². The van der Waals surface area contributed by atoms with Crippen LogP contribution in [-0.2, 0) is 11.3 Å². The molecule has 1 aliphatic heterocycles. The normalized spacial score (nSPS) is 15.4. The van der Waals surface area contributed by atoms with E-state index in [0.29, 0.717) is 10.8 Å². The Balaban J connectivity index is 1.54. The first-order valence-electron chi connectivity index (χ1n) is 8.57. The number of nitrogens with zero attached hydrogens (tertiary/aromatic N) is 3. The molecule has 1 aromatic heterocycles. The molecule has 0 unspecified atom stereocenters. The van der Waals surface area contributed by atoms with Gasteiger partial charge >= 0.3 is 0 Å². The highest BCUT2D eigenvalue weighted by atomic mass is 35.5. The number of aromatic nitrogens is 1. The molecule has 2 aromatic rings. The molecule has 2 heterocycles. The fourth-order valence-electron chi connectivity index (χ4n) is 2.98. The number of pyridine rings is 1. The zero-order valence-corrected chi connectivity index (χ0v) is 15.5. The largest absolute Gasteiger partial charge is 0.496 e. The van der Waals surface area contributed by atoms with Crippen molar-refractivity contribution >= 4 is 23.6 Å². The SMILES string of the molecule is COc1ccc(Cl)cc1/C=C/C(=O)N1CCN(Cc2cccnc2)CC1. The highest BCUT2D eigenvalue weighted by Crippen LogP contribution is 2.23. The highest BCUT2D eigenvalue weighted by molar-refractivity contribution is 6.30. The Morgan fingerprint density at radius 1 is 1.27 bits per heavy atom. The maximum absolute atomic E-state index is 12.5. The lowest BCUT2D eigenvalue weighted by Crippen LogP contribution is -2.47. The van der Waals surface area contributed by atoms with Gasteiger partial charge in [0.25, 0.3) is 0 Å². The van der Waals surface area contributed by atoms with Gasteiger partial charge in [-0.3, -0.25) is 14.7 Å². The molecule has 136 valence electrons. The summed E-state index contributed by atoms with van der Waals surface area (Å²) in [5.41, 5.74) is 1.99. The Labute approximate surface area is 158 Å². The van der Waals surface area contributed by atoms with Gasteiger partial charge in [-0.15, -0.1) is 0 Å². The second-order valence-electron chi connectivity index (χ2n) is 6.18. The van der Waals surface area contributed by atoms with Crippen LogP contribution in [0.1, 0.15) is 11.1 Å². The van der Waals surface area contributed by atoms with Crippen LogP contribution in [-0.4, -0.2) is 54.0 Å². The van der Waals surface area contributed by atoms with E-state index in [0.717, 1.165) is 38.3 Å². The van der Waals surface area contributed by atoms with E-state index in [1.165, 1.54) is 5.56 Å². The van der Waals surface area contributed by atoms with Gasteiger partial charge < -0.3 is 9.64 Å². The minimum absolute atomic E-state index is 0.00746. The summed E-state index contributed by atoms with van der Waals surface area (Å²) in [5.74, 6) is 0.702. The maximum atomic E-state index is 12.5. The summed E-state index contributed by atoms with van der Waals surface area (Å²) < 4.78 is 5.30. The molecule has 1 fully saturated rings. The molecule has 1 aliphatic rings. The number of rotatable bonds is 5. The van der Waals surface area contributed by atoms with Crippen molar-refractivity contribution < 1.29 is 9.53 Å². The van der Waals surface area contributed by atoms with Crippen molar-refractivity contribution in [3.63, 3.8) is 0 Å². The van der Waals surface area contributed by atoms with Gasteiger partial charge in [-0.1, -0.05) is 17.7 Å². The Bertz CT molecular complexity index is 772. The second-order valence-corrected chi connectivity index (χ2v) is 6.62. The number of amides is 1. The van der Waals surface area contributed by atoms with Crippen LogP contribution in [0.15, 0.2) is 48.8 Å². The van der Waals surface area contributed by atoms with E-state index < -0.39 is 0 Å². The van der Waals surface area contributed by atoms with Crippen LogP contribution in [0.25, 0.3) is 6.08 Å². The lowest BCUT2D eigenvalue weighted by atomic mass is 10.1. The van der Waals surface area contributed by atoms with Gasteiger partial charge in [-0.2, -0.15) is 0 Å². The van der Waals surface area contributed by atoms with E-state index in [2.05, 4.69) is 16.0 Å². The predicted octanol–water partition coefficient (Wildman–Crippen LogP) is 3.10. The Hall–Kier alpha value is -2.37. The van der Waals surface area contributed by atoms with Crippen LogP contribution in [0.4, 0.5) is 0 Å². The lowest BCUT2D eigenvalue weighted by molar-refractivity contribution is -0.127. The molecule has 0 spiro atoms. The number of hydrogen-bond donors (Lipinski definition) is 0. The monoisotopic (exact) mass is 371 g/mol. The summed E-state index contributed by atoms with van der Waals surface area (Å²) in [5, 5.41) is 0.613. The van der Waals surface area contributed by atoms with Crippen molar-refractivity contribution in [2.24, 2.45) is 0 Å². The Morgan fingerprint density at radius 3 is 2.77 bits per heavy atom. The standard InChI is InChI=1S/C20H22ClN3O2/c1-26-19-6-5-18(21)13-17(19)4-7-20(25)24-11-9-23(10-12-24)15-16-3-2-8-22-14-16/h2-8,13-14H,9-12,15H2,1H3/b7-4+. The van der Waals surface area contributed by atoms with Gasteiger partial charge in [-0.05, 0) is 35.9 Å². The van der Waals surface area contributed by atoms with Crippen LogP contribution in [0.5, 0.6) is 5.75 Å². The van der Waals surface area contributed by atoms with Crippen LogP contribution in [0.2, 0.25) is 5.02 Å². The molecule has 0 bridgehead atoms. The van der Waals surface area contributed by atoms with E-state index in [9.17, 15) is 4.79 Å². The first-order chi connectivity index (χ1) is 12.7. The quantitative estimate of drug-likeness (QED) is 0.758. The van der Waals surface area contributed by atoms with E-state index in [1.54, 1.807) is 43.7 Å². The number of carbonyl (C=O) groups is 1. The Kier molecular flexibility index (Phi) is 6.26. The highest BCUT2D eigenvalue weighted by Gasteiger charge is 2.19. The third-order valence-corrected chi connectivity index (χ3v) is 4.65. The molecule has 0 radical (unpaired) electrons. The van der Waals surface area contributed by atoms with Crippen molar-refractivity contribution in [1.29, 1.82) is 0 Å². The van der Waals surface area contributed by atoms with Crippen LogP contribution >= 0.6 is 11.6 Å². The smallest absolute Gasteiger partial charge is 0.246 e. The molecular weight excluding hydrogens is 350 g/mol. The molecule has 26 heavy (non-hydrogen) atoms. The summed E-state index contributed by atoms with van der Waals surface area (Å²) in [4.78, 5) is 20.8. The predicted molar refractivity (Wildman–Crippen MR) is 103 cm³/mol. The summed E-state index contributed by atoms with van der Waals surface area (Å²) in [6.07, 6.45) is 7.01. The second kappa shape index (κ2) is 8.83. The van der Waals surface area contributed by atoms with Gasteiger partial charge in [0, 0.05) is 61.8 Å². The molecular formula is C20H22ClN3O2. The molecule has 0 aliphatic carbocycles. The van der Waals surface area contributed by atoms with Crippen molar-refractivity contribution in [1.82, 2.24) is 14.8 Å². The fraction of sp³-hybridized carbons (Fsp3) is 0.300.